The molecule has 8 nitrogen and oxygen atoms in total. The maximum Gasteiger partial charge on any atom is 0.260 e. The maximum atomic E-state index is 12.7. The van der Waals surface area contributed by atoms with Crippen molar-refractivity contribution in [2.24, 2.45) is 0 Å². The largest absolute Gasteiger partial charge is 0.483 e. The summed E-state index contributed by atoms with van der Waals surface area (Å²) in [7, 11) is 0. The number of carbonyl (C=O) groups is 1. The summed E-state index contributed by atoms with van der Waals surface area (Å²) in [6.45, 7) is 5.38. The van der Waals surface area contributed by atoms with Gasteiger partial charge < -0.3 is 18.9 Å². The van der Waals surface area contributed by atoms with Crippen molar-refractivity contribution >= 4 is 5.91 Å². The highest BCUT2D eigenvalue weighted by Crippen LogP contribution is 2.26. The number of amides is 1. The van der Waals surface area contributed by atoms with Crippen LogP contribution in [0.25, 0.3) is 11.5 Å². The topological polar surface area (TPSA) is 90.6 Å². The molecule has 156 valence electrons. The van der Waals surface area contributed by atoms with Crippen LogP contribution in [0, 0.1) is 0 Å². The lowest BCUT2D eigenvalue weighted by Gasteiger charge is -2.31. The van der Waals surface area contributed by atoms with E-state index in [2.05, 4.69) is 29.0 Å². The molecule has 30 heavy (non-hydrogen) atoms. The molecular weight excluding hydrogens is 384 g/mol. The highest BCUT2D eigenvalue weighted by Gasteiger charge is 2.30. The summed E-state index contributed by atoms with van der Waals surface area (Å²) in [5.41, 5.74) is 1.70. The Morgan fingerprint density at radius 2 is 2.07 bits per heavy atom. The van der Waals surface area contributed by atoms with E-state index >= 15 is 0 Å². The Balaban J connectivity index is 1.38. The SMILES string of the molecule is CC(C)c1ccccc1OCC(=O)N1CCO[C@@H](c2nc(-c3ccccn3)no2)C1. The van der Waals surface area contributed by atoms with E-state index in [4.69, 9.17) is 14.0 Å². The minimum Gasteiger partial charge on any atom is -0.483 e. The van der Waals surface area contributed by atoms with Gasteiger partial charge in [-0.3, -0.25) is 9.78 Å². The van der Waals surface area contributed by atoms with Crippen LogP contribution >= 0.6 is 0 Å². The van der Waals surface area contributed by atoms with Crippen LogP contribution in [0.5, 0.6) is 5.75 Å². The molecule has 4 rings (SSSR count). The fraction of sp³-hybridized carbons (Fsp3) is 0.364. The van der Waals surface area contributed by atoms with Crippen molar-refractivity contribution in [1.82, 2.24) is 20.0 Å². The first-order chi connectivity index (χ1) is 14.6. The van der Waals surface area contributed by atoms with E-state index in [0.29, 0.717) is 43.0 Å². The van der Waals surface area contributed by atoms with Crippen molar-refractivity contribution in [3.63, 3.8) is 0 Å². The van der Waals surface area contributed by atoms with Crippen molar-refractivity contribution in [3.8, 4) is 17.3 Å². The molecule has 3 aromatic rings. The van der Waals surface area contributed by atoms with Crippen molar-refractivity contribution in [2.45, 2.75) is 25.9 Å². The second-order valence-corrected chi connectivity index (χ2v) is 7.35. The first-order valence-corrected chi connectivity index (χ1v) is 9.98. The average Bonchev–Trinajstić information content (AvgIpc) is 3.29. The zero-order valence-corrected chi connectivity index (χ0v) is 17.0. The number of ether oxygens (including phenoxy) is 2. The van der Waals surface area contributed by atoms with Gasteiger partial charge in [0.05, 0.1) is 13.2 Å². The Bertz CT molecular complexity index is 990. The van der Waals surface area contributed by atoms with Gasteiger partial charge >= 0.3 is 0 Å². The molecule has 1 saturated heterocycles. The molecule has 0 radical (unpaired) electrons. The first-order valence-electron chi connectivity index (χ1n) is 9.98. The Labute approximate surface area is 174 Å². The molecule has 0 bridgehead atoms. The van der Waals surface area contributed by atoms with Crippen molar-refractivity contribution in [3.05, 3.63) is 60.1 Å². The van der Waals surface area contributed by atoms with Gasteiger partial charge in [-0.05, 0) is 29.7 Å². The molecule has 1 aliphatic rings. The monoisotopic (exact) mass is 408 g/mol. The molecule has 0 spiro atoms. The quantitative estimate of drug-likeness (QED) is 0.618. The van der Waals surface area contributed by atoms with Gasteiger partial charge in [-0.2, -0.15) is 4.98 Å². The number of rotatable bonds is 6. The van der Waals surface area contributed by atoms with Crippen molar-refractivity contribution in [2.75, 3.05) is 26.3 Å². The van der Waals surface area contributed by atoms with Crippen LogP contribution in [-0.2, 0) is 9.53 Å². The van der Waals surface area contributed by atoms with Crippen LogP contribution in [0.3, 0.4) is 0 Å². The van der Waals surface area contributed by atoms with Crippen LogP contribution < -0.4 is 4.74 Å². The van der Waals surface area contributed by atoms with Crippen LogP contribution in [-0.4, -0.2) is 52.2 Å². The molecule has 1 fully saturated rings. The number of hydrogen-bond donors (Lipinski definition) is 0. The summed E-state index contributed by atoms with van der Waals surface area (Å²) in [6, 6.07) is 13.3. The molecule has 2 aromatic heterocycles. The third kappa shape index (κ3) is 4.49. The van der Waals surface area contributed by atoms with Crippen molar-refractivity contribution in [1.29, 1.82) is 0 Å². The summed E-state index contributed by atoms with van der Waals surface area (Å²) < 4.78 is 16.9. The number of carbonyl (C=O) groups excluding carboxylic acids is 1. The highest BCUT2D eigenvalue weighted by molar-refractivity contribution is 5.78. The zero-order chi connectivity index (χ0) is 20.9. The molecule has 3 heterocycles. The number of nitrogens with zero attached hydrogens (tertiary/aromatic N) is 4. The van der Waals surface area contributed by atoms with Gasteiger partial charge in [-0.1, -0.05) is 43.3 Å². The number of hydrogen-bond acceptors (Lipinski definition) is 7. The summed E-state index contributed by atoms with van der Waals surface area (Å²) >= 11 is 0. The van der Waals surface area contributed by atoms with Crippen LogP contribution in [0.2, 0.25) is 0 Å². The molecule has 1 aliphatic heterocycles. The lowest BCUT2D eigenvalue weighted by atomic mass is 10.0. The van der Waals surface area contributed by atoms with Gasteiger partial charge in [-0.25, -0.2) is 0 Å². The standard InChI is InChI=1S/C22H24N4O4/c1-15(2)16-7-3-4-9-18(16)29-14-20(27)26-11-12-28-19(13-26)22-24-21(25-30-22)17-8-5-6-10-23-17/h3-10,15,19H,11-14H2,1-2H3/t19-/m1/s1. The van der Waals surface area contributed by atoms with Gasteiger partial charge in [0, 0.05) is 12.7 Å². The lowest BCUT2D eigenvalue weighted by Crippen LogP contribution is -2.44. The number of para-hydroxylation sites is 1. The fourth-order valence-corrected chi connectivity index (χ4v) is 3.31. The van der Waals surface area contributed by atoms with Gasteiger partial charge in [0.1, 0.15) is 11.4 Å². The molecule has 0 N–H and O–H groups in total. The van der Waals surface area contributed by atoms with Crippen LogP contribution in [0.4, 0.5) is 0 Å². The normalized spacial score (nSPS) is 16.6. The third-order valence-electron chi connectivity index (χ3n) is 4.92. The smallest absolute Gasteiger partial charge is 0.260 e. The Morgan fingerprint density at radius 3 is 2.87 bits per heavy atom. The fourth-order valence-electron chi connectivity index (χ4n) is 3.31. The third-order valence-corrected chi connectivity index (χ3v) is 4.92. The summed E-state index contributed by atoms with van der Waals surface area (Å²) in [4.78, 5) is 23.0. The average molecular weight is 408 g/mol. The summed E-state index contributed by atoms with van der Waals surface area (Å²) in [5, 5.41) is 3.98. The second-order valence-electron chi connectivity index (χ2n) is 7.35. The van der Waals surface area contributed by atoms with Gasteiger partial charge in [0.15, 0.2) is 12.7 Å². The minimum atomic E-state index is -0.476. The predicted molar refractivity (Wildman–Crippen MR) is 109 cm³/mol. The Morgan fingerprint density at radius 1 is 1.23 bits per heavy atom. The molecule has 0 aliphatic carbocycles. The summed E-state index contributed by atoms with van der Waals surface area (Å²) in [6.07, 6.45) is 1.19. The highest BCUT2D eigenvalue weighted by atomic mass is 16.5. The second kappa shape index (κ2) is 9.04. The number of pyridine rings is 1. The molecule has 1 aromatic carbocycles. The number of morpholine rings is 1. The van der Waals surface area contributed by atoms with Gasteiger partial charge in [0.25, 0.3) is 11.8 Å². The Hall–Kier alpha value is -3.26. The van der Waals surface area contributed by atoms with E-state index in [1.54, 1.807) is 17.2 Å². The van der Waals surface area contributed by atoms with Crippen LogP contribution in [0.15, 0.2) is 53.2 Å². The van der Waals surface area contributed by atoms with Gasteiger partial charge in [0.2, 0.25) is 5.82 Å². The molecule has 0 unspecified atom stereocenters. The number of benzene rings is 1. The molecule has 1 atom stereocenters. The van der Waals surface area contributed by atoms with Crippen molar-refractivity contribution < 1.29 is 18.8 Å². The predicted octanol–water partition coefficient (Wildman–Crippen LogP) is 3.23. The lowest BCUT2D eigenvalue weighted by molar-refractivity contribution is -0.142. The van der Waals surface area contributed by atoms with E-state index in [1.165, 1.54) is 0 Å². The summed E-state index contributed by atoms with van der Waals surface area (Å²) in [5.74, 6) is 1.68. The Kier molecular flexibility index (Phi) is 6.04. The first kappa shape index (κ1) is 20.0. The number of aromatic nitrogens is 3. The van der Waals surface area contributed by atoms with E-state index < -0.39 is 6.10 Å². The minimum absolute atomic E-state index is 0.0283. The maximum absolute atomic E-state index is 12.7. The van der Waals surface area contributed by atoms with Gasteiger partial charge in [-0.15, -0.1) is 0 Å². The molecular formula is C22H24N4O4. The van der Waals surface area contributed by atoms with E-state index in [9.17, 15) is 4.79 Å². The van der Waals surface area contributed by atoms with E-state index in [-0.39, 0.29) is 12.5 Å². The van der Waals surface area contributed by atoms with Crippen LogP contribution in [0.1, 0.15) is 37.3 Å². The molecule has 0 saturated carbocycles. The van der Waals surface area contributed by atoms with E-state index in [1.807, 2.05) is 36.4 Å². The van der Waals surface area contributed by atoms with E-state index in [0.717, 1.165) is 11.3 Å². The molecule has 1 amide bonds. The zero-order valence-electron chi connectivity index (χ0n) is 17.0. The molecule has 8 heteroatoms.